The lowest BCUT2D eigenvalue weighted by Crippen LogP contribution is -2.32. The topological polar surface area (TPSA) is 98.0 Å². The number of rotatable bonds is 10. The first-order valence-electron chi connectivity index (χ1n) is 12.1. The maximum absolute atomic E-state index is 13.0. The molecule has 0 aliphatic heterocycles. The van der Waals surface area contributed by atoms with Crippen molar-refractivity contribution in [1.29, 1.82) is 0 Å². The summed E-state index contributed by atoms with van der Waals surface area (Å²) in [6.45, 7) is 10.7. The molecular weight excluding hydrogens is 498 g/mol. The van der Waals surface area contributed by atoms with Gasteiger partial charge >= 0.3 is 5.97 Å². The summed E-state index contributed by atoms with van der Waals surface area (Å²) in [5, 5.41) is 0. The van der Waals surface area contributed by atoms with Gasteiger partial charge in [0.15, 0.2) is 4.80 Å². The zero-order valence-electron chi connectivity index (χ0n) is 21.4. The molecule has 0 radical (unpaired) electrons. The van der Waals surface area contributed by atoms with Crippen molar-refractivity contribution in [2.45, 2.75) is 58.9 Å². The molecule has 0 aliphatic carbocycles. The van der Waals surface area contributed by atoms with E-state index in [0.717, 1.165) is 21.3 Å². The first-order chi connectivity index (χ1) is 17.1. The standard InChI is InChI=1S/C26H33N3O5S2/c1-6-13-28(14-7-2)36(32,33)21-11-9-20(10-12-21)25(31)27-26-29(17-24(30)34-8-3)22-15-18(4)19(5)16-23(22)35-26/h9-12,15-16H,6-8,13-14,17H2,1-5H3. The Hall–Kier alpha value is -2.82. The summed E-state index contributed by atoms with van der Waals surface area (Å²) in [6, 6.07) is 9.83. The molecule has 10 heteroatoms. The minimum Gasteiger partial charge on any atom is -0.465 e. The molecule has 0 N–H and O–H groups in total. The van der Waals surface area contributed by atoms with Gasteiger partial charge in [-0.25, -0.2) is 8.42 Å². The number of fused-ring (bicyclic) bond motifs is 1. The number of sulfonamides is 1. The van der Waals surface area contributed by atoms with Crippen LogP contribution in [0.1, 0.15) is 55.1 Å². The van der Waals surface area contributed by atoms with Crippen molar-refractivity contribution in [2.75, 3.05) is 19.7 Å². The third-order valence-corrected chi connectivity index (χ3v) is 8.73. The SMILES string of the molecule is CCCN(CCC)S(=O)(=O)c1ccc(C(=O)N=c2sc3cc(C)c(C)cc3n2CC(=O)OCC)cc1. The highest BCUT2D eigenvalue weighted by Gasteiger charge is 2.23. The maximum atomic E-state index is 13.0. The van der Waals surface area contributed by atoms with Crippen LogP contribution >= 0.6 is 11.3 Å². The summed E-state index contributed by atoms with van der Waals surface area (Å²) in [4.78, 5) is 30.1. The molecular formula is C26H33N3O5S2. The molecule has 3 rings (SSSR count). The fourth-order valence-corrected chi connectivity index (χ4v) is 6.55. The molecule has 0 spiro atoms. The molecule has 3 aromatic rings. The number of amides is 1. The number of carbonyl (C=O) groups excluding carboxylic acids is 2. The van der Waals surface area contributed by atoms with Gasteiger partial charge in [0.1, 0.15) is 6.54 Å². The second-order valence-electron chi connectivity index (χ2n) is 8.53. The van der Waals surface area contributed by atoms with Crippen LogP contribution in [0.4, 0.5) is 0 Å². The Labute approximate surface area is 216 Å². The van der Waals surface area contributed by atoms with Crippen LogP contribution in [0.5, 0.6) is 0 Å². The van der Waals surface area contributed by atoms with E-state index in [4.69, 9.17) is 4.74 Å². The highest BCUT2D eigenvalue weighted by atomic mass is 32.2. The molecule has 0 bridgehead atoms. The van der Waals surface area contributed by atoms with E-state index in [2.05, 4.69) is 4.99 Å². The number of aryl methyl sites for hydroxylation is 2. The van der Waals surface area contributed by atoms with Gasteiger partial charge in [0.2, 0.25) is 10.0 Å². The Balaban J connectivity index is 2.00. The normalized spacial score (nSPS) is 12.4. The van der Waals surface area contributed by atoms with Crippen molar-refractivity contribution in [3.63, 3.8) is 0 Å². The Morgan fingerprint density at radius 3 is 2.19 bits per heavy atom. The van der Waals surface area contributed by atoms with Crippen molar-refractivity contribution in [3.05, 3.63) is 57.9 Å². The number of aromatic nitrogens is 1. The van der Waals surface area contributed by atoms with E-state index < -0.39 is 21.9 Å². The molecule has 0 fully saturated rings. The zero-order chi connectivity index (χ0) is 26.5. The number of carbonyl (C=O) groups is 2. The van der Waals surface area contributed by atoms with Crippen molar-refractivity contribution >= 4 is 43.5 Å². The molecule has 36 heavy (non-hydrogen) atoms. The van der Waals surface area contributed by atoms with E-state index in [1.165, 1.54) is 39.9 Å². The second kappa shape index (κ2) is 11.9. The average molecular weight is 532 g/mol. The number of ether oxygens (including phenoxy) is 1. The third-order valence-electron chi connectivity index (χ3n) is 5.77. The highest BCUT2D eigenvalue weighted by molar-refractivity contribution is 7.89. The second-order valence-corrected chi connectivity index (χ2v) is 11.5. The molecule has 194 valence electrons. The first kappa shape index (κ1) is 27.8. The van der Waals surface area contributed by atoms with Gasteiger partial charge in [-0.1, -0.05) is 25.2 Å². The van der Waals surface area contributed by atoms with Gasteiger partial charge in [0, 0.05) is 18.7 Å². The summed E-state index contributed by atoms with van der Waals surface area (Å²) in [6.07, 6.45) is 1.43. The van der Waals surface area contributed by atoms with Crippen LogP contribution in [0.25, 0.3) is 10.2 Å². The van der Waals surface area contributed by atoms with Crippen molar-refractivity contribution in [2.24, 2.45) is 4.99 Å². The first-order valence-corrected chi connectivity index (χ1v) is 14.3. The molecule has 1 aromatic heterocycles. The zero-order valence-corrected chi connectivity index (χ0v) is 23.0. The van der Waals surface area contributed by atoms with Gasteiger partial charge in [-0.2, -0.15) is 9.30 Å². The predicted molar refractivity (Wildman–Crippen MR) is 142 cm³/mol. The van der Waals surface area contributed by atoms with E-state index in [0.29, 0.717) is 30.7 Å². The van der Waals surface area contributed by atoms with E-state index >= 15 is 0 Å². The van der Waals surface area contributed by atoms with Gasteiger partial charge in [-0.15, -0.1) is 0 Å². The smallest absolute Gasteiger partial charge is 0.326 e. The van der Waals surface area contributed by atoms with E-state index in [9.17, 15) is 18.0 Å². The van der Waals surface area contributed by atoms with Gasteiger partial charge in [0.05, 0.1) is 21.7 Å². The molecule has 0 saturated carbocycles. The minimum atomic E-state index is -3.64. The van der Waals surface area contributed by atoms with E-state index in [1.807, 2.05) is 39.8 Å². The molecule has 0 aliphatic rings. The summed E-state index contributed by atoms with van der Waals surface area (Å²) >= 11 is 1.32. The number of esters is 1. The van der Waals surface area contributed by atoms with Crippen molar-refractivity contribution in [3.8, 4) is 0 Å². The van der Waals surface area contributed by atoms with Crippen molar-refractivity contribution < 1.29 is 22.7 Å². The molecule has 8 nitrogen and oxygen atoms in total. The number of hydrogen-bond acceptors (Lipinski definition) is 6. The monoisotopic (exact) mass is 531 g/mol. The van der Waals surface area contributed by atoms with Gasteiger partial charge in [0.25, 0.3) is 5.91 Å². The Morgan fingerprint density at radius 2 is 1.61 bits per heavy atom. The molecule has 1 amide bonds. The number of thiazole rings is 1. The fraction of sp³-hybridized carbons (Fsp3) is 0.423. The summed E-state index contributed by atoms with van der Waals surface area (Å²) < 4.78 is 35.2. The maximum Gasteiger partial charge on any atom is 0.326 e. The number of benzene rings is 2. The Bertz CT molecular complexity index is 1410. The van der Waals surface area contributed by atoms with Crippen LogP contribution in [0.3, 0.4) is 0 Å². The lowest BCUT2D eigenvalue weighted by molar-refractivity contribution is -0.143. The Kier molecular flexibility index (Phi) is 9.21. The van der Waals surface area contributed by atoms with Crippen LogP contribution < -0.4 is 4.80 Å². The summed E-state index contributed by atoms with van der Waals surface area (Å²) in [5.41, 5.74) is 3.23. The van der Waals surface area contributed by atoms with Gasteiger partial charge < -0.3 is 9.30 Å². The van der Waals surface area contributed by atoms with Crippen LogP contribution in [-0.2, 0) is 26.1 Å². The molecule has 0 unspecified atom stereocenters. The Morgan fingerprint density at radius 1 is 1.00 bits per heavy atom. The number of hydrogen-bond donors (Lipinski definition) is 0. The van der Waals surface area contributed by atoms with Crippen LogP contribution in [0.2, 0.25) is 0 Å². The largest absolute Gasteiger partial charge is 0.465 e. The van der Waals surface area contributed by atoms with Crippen LogP contribution in [-0.4, -0.2) is 48.9 Å². The molecule has 0 saturated heterocycles. The number of nitrogens with zero attached hydrogens (tertiary/aromatic N) is 3. The lowest BCUT2D eigenvalue weighted by atomic mass is 10.1. The predicted octanol–water partition coefficient (Wildman–Crippen LogP) is 4.43. The minimum absolute atomic E-state index is 0.0652. The highest BCUT2D eigenvalue weighted by Crippen LogP contribution is 2.23. The average Bonchev–Trinajstić information content (AvgIpc) is 3.14. The van der Waals surface area contributed by atoms with E-state index in [-0.39, 0.29) is 23.6 Å². The van der Waals surface area contributed by atoms with Crippen molar-refractivity contribution in [1.82, 2.24) is 8.87 Å². The quantitative estimate of drug-likeness (QED) is 0.361. The lowest BCUT2D eigenvalue weighted by Gasteiger charge is -2.21. The third kappa shape index (κ3) is 6.11. The van der Waals surface area contributed by atoms with Crippen LogP contribution in [0, 0.1) is 13.8 Å². The fourth-order valence-electron chi connectivity index (χ4n) is 3.82. The van der Waals surface area contributed by atoms with Gasteiger partial charge in [-0.05, 0) is 81.1 Å². The summed E-state index contributed by atoms with van der Waals surface area (Å²) in [7, 11) is -3.64. The molecule has 2 aromatic carbocycles. The molecule has 1 heterocycles. The summed E-state index contributed by atoms with van der Waals surface area (Å²) in [5.74, 6) is -0.932. The molecule has 0 atom stereocenters. The van der Waals surface area contributed by atoms with E-state index in [1.54, 1.807) is 11.5 Å². The van der Waals surface area contributed by atoms with Gasteiger partial charge in [-0.3, -0.25) is 9.59 Å². The van der Waals surface area contributed by atoms with Crippen LogP contribution in [0.15, 0.2) is 46.3 Å².